The molecule has 0 aromatic heterocycles. The lowest BCUT2D eigenvalue weighted by atomic mass is 9.94. The number of benzene rings is 2. The van der Waals surface area contributed by atoms with Gasteiger partial charge in [-0.15, -0.1) is 0 Å². The number of rotatable bonds is 5. The van der Waals surface area contributed by atoms with Crippen molar-refractivity contribution in [1.29, 1.82) is 0 Å². The van der Waals surface area contributed by atoms with Crippen molar-refractivity contribution in [2.75, 3.05) is 13.2 Å². The van der Waals surface area contributed by atoms with Crippen LogP contribution in [0, 0.1) is 0 Å². The van der Waals surface area contributed by atoms with Crippen LogP contribution >= 0.6 is 11.6 Å². The van der Waals surface area contributed by atoms with Crippen molar-refractivity contribution in [3.8, 4) is 5.75 Å². The van der Waals surface area contributed by atoms with Gasteiger partial charge in [0, 0.05) is 11.4 Å². The molecule has 0 amide bonds. The molecule has 2 saturated heterocycles. The molecule has 28 heavy (non-hydrogen) atoms. The highest BCUT2D eigenvalue weighted by atomic mass is 35.5. The number of ether oxygens (including phenoxy) is 3. The Morgan fingerprint density at radius 1 is 1.11 bits per heavy atom. The molecular weight excluding hydrogens is 376 g/mol. The van der Waals surface area contributed by atoms with Crippen LogP contribution in [0.2, 0.25) is 5.02 Å². The molecular formula is C23H27ClO4. The quantitative estimate of drug-likeness (QED) is 0.787. The molecule has 0 radical (unpaired) electrons. The van der Waals surface area contributed by atoms with E-state index >= 15 is 0 Å². The van der Waals surface area contributed by atoms with Gasteiger partial charge in [-0.1, -0.05) is 35.9 Å². The number of halogens is 1. The van der Waals surface area contributed by atoms with Crippen LogP contribution in [0.1, 0.15) is 49.0 Å². The van der Waals surface area contributed by atoms with E-state index < -0.39 is 0 Å². The van der Waals surface area contributed by atoms with E-state index in [0.717, 1.165) is 54.2 Å². The zero-order chi connectivity index (χ0) is 19.5. The smallest absolute Gasteiger partial charge is 0.124 e. The lowest BCUT2D eigenvalue weighted by molar-refractivity contribution is -0.110. The van der Waals surface area contributed by atoms with Gasteiger partial charge in [0.1, 0.15) is 11.9 Å². The molecule has 0 saturated carbocycles. The Morgan fingerprint density at radius 2 is 1.93 bits per heavy atom. The molecule has 2 heterocycles. The molecule has 2 aliphatic rings. The zero-order valence-electron chi connectivity index (χ0n) is 16.1. The van der Waals surface area contributed by atoms with Crippen LogP contribution in [0.3, 0.4) is 0 Å². The third-order valence-corrected chi connectivity index (χ3v) is 5.96. The van der Waals surface area contributed by atoms with Crippen LogP contribution in [-0.4, -0.2) is 36.6 Å². The van der Waals surface area contributed by atoms with Crippen molar-refractivity contribution < 1.29 is 19.3 Å². The zero-order valence-corrected chi connectivity index (χ0v) is 16.9. The summed E-state index contributed by atoms with van der Waals surface area (Å²) in [4.78, 5) is 0. The molecule has 0 bridgehead atoms. The molecule has 0 aliphatic carbocycles. The van der Waals surface area contributed by atoms with E-state index in [0.29, 0.717) is 6.61 Å². The van der Waals surface area contributed by atoms with E-state index in [9.17, 15) is 5.11 Å². The van der Waals surface area contributed by atoms with E-state index in [1.165, 1.54) is 5.56 Å². The molecule has 4 atom stereocenters. The molecule has 2 aromatic rings. The van der Waals surface area contributed by atoms with E-state index in [1.54, 1.807) is 0 Å². The van der Waals surface area contributed by atoms with Gasteiger partial charge in [0.05, 0.1) is 31.5 Å². The minimum Gasteiger partial charge on any atom is -0.488 e. The van der Waals surface area contributed by atoms with Crippen molar-refractivity contribution in [3.05, 3.63) is 64.2 Å². The molecule has 4 nitrogen and oxygen atoms in total. The highest BCUT2D eigenvalue weighted by Crippen LogP contribution is 2.33. The lowest BCUT2D eigenvalue weighted by Crippen LogP contribution is -2.33. The first-order valence-electron chi connectivity index (χ1n) is 10.0. The van der Waals surface area contributed by atoms with E-state index in [1.807, 2.05) is 31.2 Å². The molecule has 1 N–H and O–H groups in total. The van der Waals surface area contributed by atoms with Gasteiger partial charge in [0.15, 0.2) is 0 Å². The van der Waals surface area contributed by atoms with Gasteiger partial charge in [-0.25, -0.2) is 0 Å². The van der Waals surface area contributed by atoms with Gasteiger partial charge in [-0.05, 0) is 61.1 Å². The van der Waals surface area contributed by atoms with Crippen LogP contribution in [0.5, 0.6) is 5.75 Å². The molecule has 2 aromatic carbocycles. The third kappa shape index (κ3) is 4.69. The van der Waals surface area contributed by atoms with E-state index in [4.69, 9.17) is 25.8 Å². The van der Waals surface area contributed by atoms with Gasteiger partial charge < -0.3 is 19.3 Å². The van der Waals surface area contributed by atoms with Gasteiger partial charge in [0.2, 0.25) is 0 Å². The first-order valence-corrected chi connectivity index (χ1v) is 10.4. The summed E-state index contributed by atoms with van der Waals surface area (Å²) in [6.45, 7) is 3.37. The Labute approximate surface area is 171 Å². The molecule has 0 spiro atoms. The highest BCUT2D eigenvalue weighted by Gasteiger charge is 2.27. The first-order chi connectivity index (χ1) is 13.6. The van der Waals surface area contributed by atoms with Crippen LogP contribution in [-0.2, 0) is 15.9 Å². The Kier molecular flexibility index (Phi) is 6.22. The SMILES string of the molecule is CC1OC(c2ccc(Cl)c(Cc3ccc(O[C@H]4CCOC4)cc3)c2)CCC1O. The summed E-state index contributed by atoms with van der Waals surface area (Å²) in [5.41, 5.74) is 3.39. The maximum absolute atomic E-state index is 9.88. The second-order valence-electron chi connectivity index (χ2n) is 7.75. The molecule has 150 valence electrons. The number of aliphatic hydroxyl groups excluding tert-OH is 1. The number of aliphatic hydroxyl groups is 1. The second kappa shape index (κ2) is 8.83. The highest BCUT2D eigenvalue weighted by molar-refractivity contribution is 6.31. The average molecular weight is 403 g/mol. The van der Waals surface area contributed by atoms with Gasteiger partial charge in [-0.2, -0.15) is 0 Å². The summed E-state index contributed by atoms with van der Waals surface area (Å²) in [5.74, 6) is 0.877. The van der Waals surface area contributed by atoms with E-state index in [2.05, 4.69) is 18.2 Å². The Hall–Kier alpha value is -1.59. The standard InChI is InChI=1S/C23H27ClO4/c1-15-22(25)8-9-23(27-15)17-4-7-21(24)18(13-17)12-16-2-5-19(6-3-16)28-20-10-11-26-14-20/h2-7,13,15,20,22-23,25H,8-12,14H2,1H3/t15?,20-,22?,23?/m0/s1. The topological polar surface area (TPSA) is 47.9 Å². The van der Waals surface area contributed by atoms with Crippen LogP contribution in [0.15, 0.2) is 42.5 Å². The summed E-state index contributed by atoms with van der Waals surface area (Å²) < 4.78 is 17.3. The van der Waals surface area contributed by atoms with Crippen molar-refractivity contribution in [2.45, 2.75) is 57.0 Å². The maximum Gasteiger partial charge on any atom is 0.124 e. The number of hydrogen-bond acceptors (Lipinski definition) is 4. The fourth-order valence-corrected chi connectivity index (χ4v) is 4.04. The summed E-state index contributed by atoms with van der Waals surface area (Å²) in [7, 11) is 0. The summed E-state index contributed by atoms with van der Waals surface area (Å²) >= 11 is 6.46. The molecule has 2 fully saturated rings. The maximum atomic E-state index is 9.88. The van der Waals surface area contributed by atoms with Crippen LogP contribution in [0.25, 0.3) is 0 Å². The largest absolute Gasteiger partial charge is 0.488 e. The predicted octanol–water partition coefficient (Wildman–Crippen LogP) is 4.70. The van der Waals surface area contributed by atoms with Crippen molar-refractivity contribution in [3.63, 3.8) is 0 Å². The Bertz CT molecular complexity index is 786. The fourth-order valence-electron chi connectivity index (χ4n) is 3.85. The summed E-state index contributed by atoms with van der Waals surface area (Å²) in [6, 6.07) is 14.3. The molecule has 3 unspecified atom stereocenters. The normalized spacial score (nSPS) is 27.7. The van der Waals surface area contributed by atoms with Crippen LogP contribution in [0.4, 0.5) is 0 Å². The Morgan fingerprint density at radius 3 is 2.64 bits per heavy atom. The summed E-state index contributed by atoms with van der Waals surface area (Å²) in [5, 5.41) is 10.6. The average Bonchev–Trinajstić information content (AvgIpc) is 3.20. The third-order valence-electron chi connectivity index (χ3n) is 5.60. The van der Waals surface area contributed by atoms with Crippen molar-refractivity contribution in [2.24, 2.45) is 0 Å². The summed E-state index contributed by atoms with van der Waals surface area (Å²) in [6.07, 6.45) is 2.94. The van der Waals surface area contributed by atoms with Crippen LogP contribution < -0.4 is 4.74 Å². The van der Waals surface area contributed by atoms with Gasteiger partial charge >= 0.3 is 0 Å². The monoisotopic (exact) mass is 402 g/mol. The molecule has 5 heteroatoms. The van der Waals surface area contributed by atoms with Gasteiger partial charge in [0.25, 0.3) is 0 Å². The molecule has 2 aliphatic heterocycles. The Balaban J connectivity index is 1.44. The van der Waals surface area contributed by atoms with Gasteiger partial charge in [-0.3, -0.25) is 0 Å². The predicted molar refractivity (Wildman–Crippen MR) is 109 cm³/mol. The molecule has 4 rings (SSSR count). The van der Waals surface area contributed by atoms with E-state index in [-0.39, 0.29) is 24.4 Å². The minimum atomic E-state index is -0.375. The first kappa shape index (κ1) is 19.7. The fraction of sp³-hybridized carbons (Fsp3) is 0.478. The lowest BCUT2D eigenvalue weighted by Gasteiger charge is -2.32. The van der Waals surface area contributed by atoms with Crippen molar-refractivity contribution >= 4 is 11.6 Å². The number of hydrogen-bond donors (Lipinski definition) is 1. The second-order valence-corrected chi connectivity index (χ2v) is 8.16. The van der Waals surface area contributed by atoms with Crippen molar-refractivity contribution in [1.82, 2.24) is 0 Å². The minimum absolute atomic E-state index is 0.0128.